The van der Waals surface area contributed by atoms with E-state index in [0.29, 0.717) is 22.7 Å². The number of nitrogens with one attached hydrogen (secondary N) is 2. The van der Waals surface area contributed by atoms with E-state index in [1.165, 1.54) is 11.3 Å². The van der Waals surface area contributed by atoms with Gasteiger partial charge in [-0.05, 0) is 14.1 Å². The van der Waals surface area contributed by atoms with E-state index < -0.39 is 0 Å². The number of nitrogens with zero attached hydrogens (tertiary/aromatic N) is 4. The average Bonchev–Trinajstić information content (AvgIpc) is 2.88. The van der Waals surface area contributed by atoms with Crippen LogP contribution in [0.4, 0.5) is 5.13 Å². The minimum atomic E-state index is -0.152. The van der Waals surface area contributed by atoms with Gasteiger partial charge in [-0.2, -0.15) is 0 Å². The fraction of sp³-hybridized carbons (Fsp3) is 0.727. The van der Waals surface area contributed by atoms with Gasteiger partial charge in [-0.1, -0.05) is 11.3 Å². The van der Waals surface area contributed by atoms with Crippen molar-refractivity contribution in [2.75, 3.05) is 52.6 Å². The molecule has 0 aromatic carbocycles. The third kappa shape index (κ3) is 3.62. The van der Waals surface area contributed by atoms with Gasteiger partial charge >= 0.3 is 0 Å². The minimum Gasteiger partial charge on any atom is -0.363 e. The molecule has 2 N–H and O–H groups in total. The maximum atomic E-state index is 11.9. The second kappa shape index (κ2) is 6.27. The maximum absolute atomic E-state index is 11.9. The number of likely N-dealkylation sites (N-methyl/N-ethyl adjacent to an activating group) is 2. The molecule has 1 fully saturated rings. The van der Waals surface area contributed by atoms with E-state index in [1.54, 1.807) is 7.05 Å². The SMILES string of the molecule is CNc1nnc(C(=O)NCC2CN(C)CCN2C)s1. The number of anilines is 1. The summed E-state index contributed by atoms with van der Waals surface area (Å²) in [6, 6.07) is 0.347. The molecule has 1 aromatic heterocycles. The first kappa shape index (κ1) is 14.2. The van der Waals surface area contributed by atoms with Crippen LogP contribution in [-0.2, 0) is 0 Å². The first-order valence-electron chi connectivity index (χ1n) is 6.28. The number of rotatable bonds is 4. The highest BCUT2D eigenvalue weighted by molar-refractivity contribution is 7.17. The third-order valence-electron chi connectivity index (χ3n) is 3.31. The third-order valence-corrected chi connectivity index (χ3v) is 4.25. The average molecular weight is 284 g/mol. The second-order valence-corrected chi connectivity index (χ2v) is 5.75. The summed E-state index contributed by atoms with van der Waals surface area (Å²) in [4.78, 5) is 16.5. The molecular formula is C11H20N6OS. The van der Waals surface area contributed by atoms with E-state index in [1.807, 2.05) is 0 Å². The molecule has 1 atom stereocenters. The number of aromatic nitrogens is 2. The normalized spacial score (nSPS) is 21.3. The van der Waals surface area contributed by atoms with Crippen molar-refractivity contribution in [2.45, 2.75) is 6.04 Å². The van der Waals surface area contributed by atoms with Crippen LogP contribution in [0.15, 0.2) is 0 Å². The lowest BCUT2D eigenvalue weighted by atomic mass is 10.2. The quantitative estimate of drug-likeness (QED) is 0.780. The lowest BCUT2D eigenvalue weighted by Crippen LogP contribution is -2.54. The molecule has 1 aromatic rings. The Morgan fingerprint density at radius 2 is 2.21 bits per heavy atom. The van der Waals surface area contributed by atoms with Crippen LogP contribution in [0, 0.1) is 0 Å². The van der Waals surface area contributed by atoms with Crippen LogP contribution in [0.1, 0.15) is 9.80 Å². The molecule has 1 amide bonds. The van der Waals surface area contributed by atoms with Crippen LogP contribution < -0.4 is 10.6 Å². The highest BCUT2D eigenvalue weighted by Gasteiger charge is 2.23. The molecule has 8 heteroatoms. The number of hydrogen-bond acceptors (Lipinski definition) is 7. The van der Waals surface area contributed by atoms with Gasteiger partial charge in [-0.25, -0.2) is 0 Å². The molecule has 19 heavy (non-hydrogen) atoms. The Bertz CT molecular complexity index is 437. The summed E-state index contributed by atoms with van der Waals surface area (Å²) in [5.41, 5.74) is 0. The van der Waals surface area contributed by atoms with Crippen molar-refractivity contribution in [1.29, 1.82) is 0 Å². The standard InChI is InChI=1S/C11H20N6OS/c1-12-11-15-14-10(19-11)9(18)13-6-8-7-16(2)4-5-17(8)3/h8H,4-7H2,1-3H3,(H,12,15)(H,13,18). The maximum Gasteiger partial charge on any atom is 0.282 e. The molecule has 1 unspecified atom stereocenters. The fourth-order valence-corrected chi connectivity index (χ4v) is 2.64. The fourth-order valence-electron chi connectivity index (χ4n) is 2.02. The van der Waals surface area contributed by atoms with E-state index in [2.05, 4.69) is 44.7 Å². The molecule has 0 radical (unpaired) electrons. The first-order valence-corrected chi connectivity index (χ1v) is 7.10. The summed E-state index contributed by atoms with van der Waals surface area (Å²) in [5.74, 6) is -0.152. The van der Waals surface area contributed by atoms with E-state index in [-0.39, 0.29) is 5.91 Å². The van der Waals surface area contributed by atoms with Crippen molar-refractivity contribution in [3.8, 4) is 0 Å². The Morgan fingerprint density at radius 3 is 2.89 bits per heavy atom. The molecule has 0 spiro atoms. The summed E-state index contributed by atoms with van der Waals surface area (Å²) >= 11 is 1.26. The zero-order chi connectivity index (χ0) is 13.8. The molecular weight excluding hydrogens is 264 g/mol. The minimum absolute atomic E-state index is 0.152. The van der Waals surface area contributed by atoms with Gasteiger partial charge in [0, 0.05) is 39.3 Å². The van der Waals surface area contributed by atoms with Crippen LogP contribution in [-0.4, -0.2) is 79.3 Å². The van der Waals surface area contributed by atoms with Crippen LogP contribution in [0.2, 0.25) is 0 Å². The summed E-state index contributed by atoms with van der Waals surface area (Å²) < 4.78 is 0. The summed E-state index contributed by atoms with van der Waals surface area (Å²) in [6.45, 7) is 3.70. The lowest BCUT2D eigenvalue weighted by molar-refractivity contribution is 0.0880. The Labute approximate surface area is 117 Å². The van der Waals surface area contributed by atoms with Gasteiger partial charge in [-0.15, -0.1) is 10.2 Å². The molecule has 1 saturated heterocycles. The van der Waals surface area contributed by atoms with Gasteiger partial charge in [-0.3, -0.25) is 9.69 Å². The Kier molecular flexibility index (Phi) is 4.67. The largest absolute Gasteiger partial charge is 0.363 e. The number of amides is 1. The first-order chi connectivity index (χ1) is 9.10. The molecule has 106 valence electrons. The number of hydrogen-bond donors (Lipinski definition) is 2. The molecule has 1 aliphatic heterocycles. The van der Waals surface area contributed by atoms with Crippen LogP contribution >= 0.6 is 11.3 Å². The van der Waals surface area contributed by atoms with Crippen molar-refractivity contribution in [1.82, 2.24) is 25.3 Å². The van der Waals surface area contributed by atoms with Crippen LogP contribution in [0.3, 0.4) is 0 Å². The van der Waals surface area contributed by atoms with Crippen molar-refractivity contribution < 1.29 is 4.79 Å². The smallest absolute Gasteiger partial charge is 0.282 e. The van der Waals surface area contributed by atoms with Crippen molar-refractivity contribution in [3.63, 3.8) is 0 Å². The van der Waals surface area contributed by atoms with E-state index in [9.17, 15) is 4.79 Å². The second-order valence-electron chi connectivity index (χ2n) is 4.77. The van der Waals surface area contributed by atoms with Gasteiger partial charge in [0.15, 0.2) is 0 Å². The van der Waals surface area contributed by atoms with E-state index >= 15 is 0 Å². The van der Waals surface area contributed by atoms with Gasteiger partial charge in [0.25, 0.3) is 5.91 Å². The Hall–Kier alpha value is -1.25. The number of carbonyl (C=O) groups is 1. The van der Waals surface area contributed by atoms with E-state index in [0.717, 1.165) is 19.6 Å². The Balaban J connectivity index is 1.85. The molecule has 0 aliphatic carbocycles. The zero-order valence-corrected chi connectivity index (χ0v) is 12.3. The predicted octanol–water partition coefficient (Wildman–Crippen LogP) is -0.445. The van der Waals surface area contributed by atoms with Gasteiger partial charge < -0.3 is 15.5 Å². The van der Waals surface area contributed by atoms with Crippen LogP contribution in [0.25, 0.3) is 0 Å². The molecule has 7 nitrogen and oxygen atoms in total. The number of carbonyl (C=O) groups excluding carboxylic acids is 1. The topological polar surface area (TPSA) is 73.4 Å². The zero-order valence-electron chi connectivity index (χ0n) is 11.5. The predicted molar refractivity (Wildman–Crippen MR) is 75.7 cm³/mol. The van der Waals surface area contributed by atoms with Gasteiger partial charge in [0.2, 0.25) is 10.1 Å². The highest BCUT2D eigenvalue weighted by atomic mass is 32.1. The molecule has 2 heterocycles. The van der Waals surface area contributed by atoms with Crippen molar-refractivity contribution in [2.24, 2.45) is 0 Å². The molecule has 0 saturated carbocycles. The summed E-state index contributed by atoms with van der Waals surface area (Å²) in [6.07, 6.45) is 0. The molecule has 0 bridgehead atoms. The van der Waals surface area contributed by atoms with Gasteiger partial charge in [0.05, 0.1) is 0 Å². The van der Waals surface area contributed by atoms with E-state index in [4.69, 9.17) is 0 Å². The monoisotopic (exact) mass is 284 g/mol. The van der Waals surface area contributed by atoms with Crippen LogP contribution in [0.5, 0.6) is 0 Å². The summed E-state index contributed by atoms with van der Waals surface area (Å²) in [7, 11) is 5.95. The molecule has 1 aliphatic rings. The van der Waals surface area contributed by atoms with Crippen molar-refractivity contribution >= 4 is 22.4 Å². The Morgan fingerprint density at radius 1 is 1.42 bits per heavy atom. The lowest BCUT2D eigenvalue weighted by Gasteiger charge is -2.37. The van der Waals surface area contributed by atoms with Gasteiger partial charge in [0.1, 0.15) is 0 Å². The highest BCUT2D eigenvalue weighted by Crippen LogP contribution is 2.14. The van der Waals surface area contributed by atoms with Crippen molar-refractivity contribution in [3.05, 3.63) is 5.01 Å². The summed E-state index contributed by atoms with van der Waals surface area (Å²) in [5, 5.41) is 14.6. The number of piperazine rings is 1. The molecule has 2 rings (SSSR count).